The Hall–Kier alpha value is -1.34. The third-order valence-electron chi connectivity index (χ3n) is 12.6. The summed E-state index contributed by atoms with van der Waals surface area (Å²) in [5, 5.41) is 8.77. The van der Waals surface area contributed by atoms with Crippen LogP contribution in [0.25, 0.3) is 0 Å². The molecule has 11 nitrogen and oxygen atoms in total. The van der Waals surface area contributed by atoms with E-state index < -0.39 is 0 Å². The molecule has 68 heavy (non-hydrogen) atoms. The predicted molar refractivity (Wildman–Crippen MR) is 280 cm³/mol. The molecule has 0 amide bonds. The van der Waals surface area contributed by atoms with E-state index in [2.05, 4.69) is 27.7 Å². The highest BCUT2D eigenvalue weighted by atomic mass is 16.6. The zero-order chi connectivity index (χ0) is 49.5. The first kappa shape index (κ1) is 66.7. The summed E-state index contributed by atoms with van der Waals surface area (Å²) in [5.74, 6) is -0.0349. The quantitative estimate of drug-likeness (QED) is 0.0462. The lowest BCUT2D eigenvalue weighted by Crippen LogP contribution is -2.27. The Balaban J connectivity index is 4.53. The van der Waals surface area contributed by atoms with Crippen LogP contribution in [0.3, 0.4) is 0 Å². The summed E-state index contributed by atoms with van der Waals surface area (Å²) in [4.78, 5) is 25.5. The molecular weight excluding hydrogens is 861 g/mol. The van der Waals surface area contributed by atoms with E-state index in [0.717, 1.165) is 116 Å². The van der Waals surface area contributed by atoms with Crippen LogP contribution in [-0.2, 0) is 47.5 Å². The van der Waals surface area contributed by atoms with Crippen molar-refractivity contribution in [2.24, 2.45) is 0 Å². The number of esters is 2. The molecule has 0 aromatic heterocycles. The average molecular weight is 974 g/mol. The van der Waals surface area contributed by atoms with Gasteiger partial charge >= 0.3 is 11.9 Å². The van der Waals surface area contributed by atoms with Gasteiger partial charge in [-0.2, -0.15) is 0 Å². The van der Waals surface area contributed by atoms with Crippen molar-refractivity contribution in [1.29, 1.82) is 0 Å². The van der Waals surface area contributed by atoms with Gasteiger partial charge in [-0.15, -0.1) is 0 Å². The summed E-state index contributed by atoms with van der Waals surface area (Å²) in [6, 6.07) is 0. The number of ether oxygens (including phenoxy) is 8. The highest BCUT2D eigenvalue weighted by molar-refractivity contribution is 5.69. The van der Waals surface area contributed by atoms with Crippen LogP contribution in [0.1, 0.15) is 259 Å². The van der Waals surface area contributed by atoms with Crippen LogP contribution in [0.4, 0.5) is 0 Å². The maximum atomic E-state index is 12.8. The van der Waals surface area contributed by atoms with E-state index in [1.54, 1.807) is 0 Å². The van der Waals surface area contributed by atoms with E-state index in [9.17, 15) is 9.59 Å². The number of carbonyl (C=O) groups excluding carboxylic acids is 2. The van der Waals surface area contributed by atoms with E-state index >= 15 is 0 Å². The van der Waals surface area contributed by atoms with E-state index in [-0.39, 0.29) is 36.9 Å². The fourth-order valence-corrected chi connectivity index (χ4v) is 8.37. The van der Waals surface area contributed by atoms with Gasteiger partial charge in [-0.3, -0.25) is 9.59 Å². The van der Waals surface area contributed by atoms with Crippen LogP contribution in [0, 0.1) is 0 Å². The first-order chi connectivity index (χ1) is 33.5. The lowest BCUT2D eigenvalue weighted by Gasteiger charge is -2.19. The molecule has 0 bridgehead atoms. The summed E-state index contributed by atoms with van der Waals surface area (Å²) in [5.41, 5.74) is 0. The second-order valence-electron chi connectivity index (χ2n) is 19.3. The molecule has 0 saturated heterocycles. The molecular formula is C57H112O11. The molecule has 0 radical (unpaired) electrons. The Bertz CT molecular complexity index is 1000. The number of carbonyl (C=O) groups is 2. The number of hydrogen-bond donors (Lipinski definition) is 1. The van der Waals surface area contributed by atoms with Gasteiger partial charge in [-0.25, -0.2) is 0 Å². The largest absolute Gasteiger partial charge is 0.462 e. The molecule has 0 aromatic carbocycles. The second kappa shape index (κ2) is 56.6. The molecule has 0 saturated carbocycles. The fraction of sp³-hybridized carbons (Fsp3) is 0.965. The highest BCUT2D eigenvalue weighted by Gasteiger charge is 2.16. The molecule has 11 heteroatoms. The van der Waals surface area contributed by atoms with Crippen LogP contribution < -0.4 is 0 Å². The van der Waals surface area contributed by atoms with Crippen molar-refractivity contribution in [2.45, 2.75) is 277 Å². The molecule has 3 atom stereocenters. The van der Waals surface area contributed by atoms with Crippen molar-refractivity contribution in [3.05, 3.63) is 0 Å². The minimum atomic E-state index is -0.152. The first-order valence-electron chi connectivity index (χ1n) is 29.0. The smallest absolute Gasteiger partial charge is 0.306 e. The first-order valence-corrected chi connectivity index (χ1v) is 29.0. The van der Waals surface area contributed by atoms with Gasteiger partial charge in [-0.1, -0.05) is 169 Å². The standard InChI is InChI=1S/C57H112O11/c1-5-9-13-17-21-29-37-53(35-27-15-11-7-3)67-56(59)39-31-23-19-25-33-42-64-51-55(52-65-50-49-63-48-47-62-46-45-61-44-41-58)66-43-34-26-20-24-32-40-57(60)68-54(36-28-16-12-8-4)38-30-22-18-14-10-6-2/h53-55,58H,5-52H2,1-4H3. The Labute approximate surface area is 419 Å². The van der Waals surface area contributed by atoms with E-state index in [1.807, 2.05) is 0 Å². The van der Waals surface area contributed by atoms with Crippen molar-refractivity contribution >= 4 is 11.9 Å². The zero-order valence-electron chi connectivity index (χ0n) is 45.2. The SMILES string of the molecule is CCCCCCCCC(CCCCCC)OC(=O)CCCCCCCOCC(COCCOCCOCCOCCO)OCCCCCCCC(=O)OC(CCCCCC)CCCCCCCC. The average Bonchev–Trinajstić information content (AvgIpc) is 3.33. The number of hydrogen-bond acceptors (Lipinski definition) is 11. The van der Waals surface area contributed by atoms with E-state index in [0.29, 0.717) is 85.5 Å². The van der Waals surface area contributed by atoms with Crippen LogP contribution in [0.15, 0.2) is 0 Å². The Morgan fingerprint density at radius 1 is 0.324 bits per heavy atom. The van der Waals surface area contributed by atoms with Crippen LogP contribution >= 0.6 is 0 Å². The van der Waals surface area contributed by atoms with Gasteiger partial charge in [0.15, 0.2) is 0 Å². The van der Waals surface area contributed by atoms with Crippen molar-refractivity contribution in [3.63, 3.8) is 0 Å². The van der Waals surface area contributed by atoms with Crippen LogP contribution in [0.2, 0.25) is 0 Å². The highest BCUT2D eigenvalue weighted by Crippen LogP contribution is 2.20. The Morgan fingerprint density at radius 3 is 1.04 bits per heavy atom. The molecule has 0 fully saturated rings. The zero-order valence-corrected chi connectivity index (χ0v) is 45.2. The molecule has 0 aliphatic heterocycles. The molecule has 0 aliphatic carbocycles. The van der Waals surface area contributed by atoms with Crippen molar-refractivity contribution < 1.29 is 52.6 Å². The molecule has 406 valence electrons. The van der Waals surface area contributed by atoms with Crippen LogP contribution in [-0.4, -0.2) is 115 Å². The molecule has 0 aromatic rings. The van der Waals surface area contributed by atoms with E-state index in [4.69, 9.17) is 43.0 Å². The molecule has 0 heterocycles. The summed E-state index contributed by atoms with van der Waals surface area (Å²) in [7, 11) is 0. The van der Waals surface area contributed by atoms with Gasteiger partial charge in [0.25, 0.3) is 0 Å². The monoisotopic (exact) mass is 973 g/mol. The van der Waals surface area contributed by atoms with E-state index in [1.165, 1.54) is 103 Å². The topological polar surface area (TPSA) is 128 Å². The van der Waals surface area contributed by atoms with Gasteiger partial charge in [0.1, 0.15) is 18.3 Å². The molecule has 0 aliphatic rings. The maximum absolute atomic E-state index is 12.8. The van der Waals surface area contributed by atoms with Gasteiger partial charge < -0.3 is 43.0 Å². The number of aliphatic hydroxyl groups excluding tert-OH is 1. The third kappa shape index (κ3) is 51.0. The van der Waals surface area contributed by atoms with Crippen molar-refractivity contribution in [3.8, 4) is 0 Å². The van der Waals surface area contributed by atoms with Gasteiger partial charge in [0.05, 0.1) is 66.1 Å². The van der Waals surface area contributed by atoms with Gasteiger partial charge in [0, 0.05) is 26.1 Å². The van der Waals surface area contributed by atoms with Gasteiger partial charge in [0.2, 0.25) is 0 Å². The molecule has 3 unspecified atom stereocenters. The summed E-state index contributed by atoms with van der Waals surface area (Å²) in [6.07, 6.45) is 40.0. The molecule has 0 rings (SSSR count). The lowest BCUT2D eigenvalue weighted by atomic mass is 10.0. The number of rotatable bonds is 58. The minimum absolute atomic E-state index is 0.0158. The maximum Gasteiger partial charge on any atom is 0.306 e. The molecule has 1 N–H and O–H groups in total. The lowest BCUT2D eigenvalue weighted by molar-refractivity contribution is -0.151. The second-order valence-corrected chi connectivity index (χ2v) is 19.3. The van der Waals surface area contributed by atoms with Crippen LogP contribution in [0.5, 0.6) is 0 Å². The third-order valence-corrected chi connectivity index (χ3v) is 12.6. The van der Waals surface area contributed by atoms with Crippen molar-refractivity contribution in [2.75, 3.05) is 79.3 Å². The number of aliphatic hydroxyl groups is 1. The van der Waals surface area contributed by atoms with Gasteiger partial charge in [-0.05, 0) is 77.0 Å². The minimum Gasteiger partial charge on any atom is -0.462 e. The summed E-state index contributed by atoms with van der Waals surface area (Å²) < 4.78 is 46.6. The Morgan fingerprint density at radius 2 is 0.632 bits per heavy atom. The number of unbranched alkanes of at least 4 members (excludes halogenated alkanes) is 24. The predicted octanol–water partition coefficient (Wildman–Crippen LogP) is 14.4. The Kier molecular flexibility index (Phi) is 55.5. The summed E-state index contributed by atoms with van der Waals surface area (Å²) >= 11 is 0. The van der Waals surface area contributed by atoms with Crippen molar-refractivity contribution in [1.82, 2.24) is 0 Å². The fourth-order valence-electron chi connectivity index (χ4n) is 8.37. The molecule has 0 spiro atoms. The summed E-state index contributed by atoms with van der Waals surface area (Å²) in [6.45, 7) is 14.4. The normalized spacial score (nSPS) is 13.0.